The highest BCUT2D eigenvalue weighted by atomic mass is 19.1. The number of nitrogens with two attached hydrogens (primary N) is 1. The second-order valence-electron chi connectivity index (χ2n) is 16.0. The van der Waals surface area contributed by atoms with Crippen molar-refractivity contribution in [3.05, 3.63) is 90.3 Å². The molecule has 10 rings (SSSR count). The molecule has 5 aromatic rings. The molecule has 3 N–H and O–H groups in total. The van der Waals surface area contributed by atoms with Gasteiger partial charge >= 0.3 is 0 Å². The number of amides is 2. The summed E-state index contributed by atoms with van der Waals surface area (Å²) in [7, 11) is 0. The summed E-state index contributed by atoms with van der Waals surface area (Å²) in [5, 5.41) is 8.07. The lowest BCUT2D eigenvalue weighted by Gasteiger charge is -2.51. The third-order valence-corrected chi connectivity index (χ3v) is 12.4. The van der Waals surface area contributed by atoms with Crippen molar-refractivity contribution >= 4 is 34.4 Å². The first-order valence-corrected chi connectivity index (χ1v) is 19.7. The third-order valence-electron chi connectivity index (χ3n) is 12.4. The maximum Gasteiger partial charge on any atom is 0.243 e. The average molecular weight is 757 g/mol. The maximum atomic E-state index is 16.2. The Bertz CT molecular complexity index is 2270. The second-order valence-corrected chi connectivity index (χ2v) is 16.0. The van der Waals surface area contributed by atoms with Crippen LogP contribution >= 0.6 is 0 Å². The van der Waals surface area contributed by atoms with Gasteiger partial charge in [0.1, 0.15) is 35.5 Å². The van der Waals surface area contributed by atoms with Gasteiger partial charge in [-0.05, 0) is 72.5 Å². The quantitative estimate of drug-likeness (QED) is 0.207. The monoisotopic (exact) mass is 756 g/mol. The highest BCUT2D eigenvalue weighted by molar-refractivity contribution is 6.00. The predicted molar refractivity (Wildman–Crippen MR) is 210 cm³/mol. The van der Waals surface area contributed by atoms with Gasteiger partial charge in [-0.3, -0.25) is 29.6 Å². The van der Waals surface area contributed by atoms with E-state index >= 15 is 4.39 Å². The number of carbonyl (C=O) groups excluding carboxylic acids is 2. The Morgan fingerprint density at radius 2 is 1.64 bits per heavy atom. The van der Waals surface area contributed by atoms with Gasteiger partial charge in [0.2, 0.25) is 11.8 Å². The van der Waals surface area contributed by atoms with Crippen molar-refractivity contribution < 1.29 is 18.7 Å². The summed E-state index contributed by atoms with van der Waals surface area (Å²) in [6, 6.07) is 23.6. The van der Waals surface area contributed by atoms with Crippen molar-refractivity contribution in [1.82, 2.24) is 39.8 Å². The molecule has 0 radical (unpaired) electrons. The van der Waals surface area contributed by atoms with Crippen molar-refractivity contribution in [1.29, 1.82) is 0 Å². The van der Waals surface area contributed by atoms with Crippen LogP contribution in [0.3, 0.4) is 0 Å². The van der Waals surface area contributed by atoms with E-state index in [1.807, 2.05) is 54.6 Å². The predicted octanol–water partition coefficient (Wildman–Crippen LogP) is 4.39. The average Bonchev–Trinajstić information content (AvgIpc) is 3.77. The number of para-hydroxylation sites is 1. The number of fused-ring (bicyclic) bond motifs is 2. The van der Waals surface area contributed by atoms with E-state index in [2.05, 4.69) is 53.1 Å². The van der Waals surface area contributed by atoms with E-state index in [0.717, 1.165) is 63.7 Å². The molecule has 4 saturated heterocycles. The summed E-state index contributed by atoms with van der Waals surface area (Å²) in [6.45, 7) is 7.67. The number of imide groups is 1. The number of rotatable bonds is 9. The van der Waals surface area contributed by atoms with Crippen LogP contribution in [0.5, 0.6) is 11.5 Å². The lowest BCUT2D eigenvalue weighted by Crippen LogP contribution is -2.64. The Morgan fingerprint density at radius 1 is 0.857 bits per heavy atom. The molecule has 1 unspecified atom stereocenters. The molecule has 2 aromatic heterocycles. The number of halogens is 1. The minimum absolute atomic E-state index is 0.172. The van der Waals surface area contributed by atoms with Crippen molar-refractivity contribution in [3.63, 3.8) is 0 Å². The molecule has 3 atom stereocenters. The van der Waals surface area contributed by atoms with E-state index in [4.69, 9.17) is 15.6 Å². The number of anilines is 2. The van der Waals surface area contributed by atoms with E-state index in [0.29, 0.717) is 66.1 Å². The lowest BCUT2D eigenvalue weighted by molar-refractivity contribution is -0.137. The number of carbonyl (C=O) groups is 2. The molecule has 4 fully saturated rings. The number of nitrogen functional groups attached to an aromatic ring is 1. The van der Waals surface area contributed by atoms with Crippen LogP contribution in [0, 0.1) is 5.92 Å². The zero-order valence-electron chi connectivity index (χ0n) is 31.1. The van der Waals surface area contributed by atoms with E-state index in [-0.39, 0.29) is 17.9 Å². The highest BCUT2D eigenvalue weighted by Crippen LogP contribution is 2.38. The van der Waals surface area contributed by atoms with Crippen LogP contribution in [-0.2, 0) is 22.7 Å². The molecule has 0 bridgehead atoms. The van der Waals surface area contributed by atoms with E-state index in [9.17, 15) is 9.59 Å². The van der Waals surface area contributed by atoms with Crippen LogP contribution in [-0.4, -0.2) is 110 Å². The number of ether oxygens (including phenoxy) is 1. The number of nitrogens with one attached hydrogen (secondary N) is 1. The highest BCUT2D eigenvalue weighted by Gasteiger charge is 2.41. The first-order valence-electron chi connectivity index (χ1n) is 19.7. The van der Waals surface area contributed by atoms with Gasteiger partial charge in [-0.25, -0.2) is 19.0 Å². The SMILES string of the molecule is Nc1ncnc2c1c(-c1ccc(Oc3ccccc3)cc1)nn2[C@H]1CCN(C2CN(CC3CN(c4ccc5c(c4)CN(C4CCC(=O)NC4=O)C5)C3)C2)C[C@H]1F. The van der Waals surface area contributed by atoms with Gasteiger partial charge in [0, 0.05) is 88.5 Å². The number of likely N-dealkylation sites (tertiary alicyclic amines) is 2. The normalized spacial score (nSPS) is 23.9. The fraction of sp³-hybridized carbons (Fsp3) is 0.405. The van der Waals surface area contributed by atoms with Crippen molar-refractivity contribution in [2.75, 3.05) is 56.4 Å². The lowest BCUT2D eigenvalue weighted by atomic mass is 9.94. The number of aromatic nitrogens is 4. The van der Waals surface area contributed by atoms with Crippen LogP contribution in [0.25, 0.3) is 22.3 Å². The Morgan fingerprint density at radius 3 is 2.43 bits per heavy atom. The Labute approximate surface area is 324 Å². The Hall–Kier alpha value is -5.44. The molecule has 0 saturated carbocycles. The van der Waals surface area contributed by atoms with Gasteiger partial charge in [-0.15, -0.1) is 0 Å². The van der Waals surface area contributed by atoms with Crippen molar-refractivity contribution in [3.8, 4) is 22.8 Å². The van der Waals surface area contributed by atoms with Crippen molar-refractivity contribution in [2.24, 2.45) is 5.92 Å². The summed E-state index contributed by atoms with van der Waals surface area (Å²) in [4.78, 5) is 42.3. The van der Waals surface area contributed by atoms with Crippen LogP contribution in [0.4, 0.5) is 15.9 Å². The van der Waals surface area contributed by atoms with Gasteiger partial charge in [0.15, 0.2) is 5.65 Å². The molecule has 0 spiro atoms. The fourth-order valence-electron chi connectivity index (χ4n) is 9.30. The van der Waals surface area contributed by atoms with Gasteiger partial charge in [-0.2, -0.15) is 5.10 Å². The molecule has 3 aromatic carbocycles. The van der Waals surface area contributed by atoms with E-state index < -0.39 is 12.2 Å². The Kier molecular flexibility index (Phi) is 8.91. The minimum Gasteiger partial charge on any atom is -0.457 e. The summed E-state index contributed by atoms with van der Waals surface area (Å²) < 4.78 is 23.9. The number of alkyl halides is 1. The molecule has 13 nitrogen and oxygen atoms in total. The maximum absolute atomic E-state index is 16.2. The molecule has 0 aliphatic carbocycles. The van der Waals surface area contributed by atoms with Crippen molar-refractivity contribution in [2.45, 2.75) is 56.6 Å². The molecule has 288 valence electrons. The smallest absolute Gasteiger partial charge is 0.243 e. The van der Waals surface area contributed by atoms with E-state index in [1.165, 1.54) is 23.1 Å². The summed E-state index contributed by atoms with van der Waals surface area (Å²) in [5.41, 5.74) is 12.2. The second kappa shape index (κ2) is 14.3. The zero-order valence-corrected chi connectivity index (χ0v) is 31.1. The number of piperidine rings is 2. The van der Waals surface area contributed by atoms with Crippen LogP contribution in [0.15, 0.2) is 79.1 Å². The number of hydrogen-bond donors (Lipinski definition) is 2. The molecule has 5 aliphatic rings. The van der Waals surface area contributed by atoms with Crippen LogP contribution in [0.2, 0.25) is 0 Å². The van der Waals surface area contributed by atoms with Gasteiger partial charge in [-0.1, -0.05) is 24.3 Å². The molecule has 7 heterocycles. The molecule has 5 aliphatic heterocycles. The topological polar surface area (TPSA) is 138 Å². The molecule has 14 heteroatoms. The molecular formula is C42H45FN10O3. The molecule has 56 heavy (non-hydrogen) atoms. The first-order chi connectivity index (χ1) is 27.3. The van der Waals surface area contributed by atoms with Gasteiger partial charge in [0.25, 0.3) is 0 Å². The number of hydrogen-bond acceptors (Lipinski definition) is 11. The van der Waals surface area contributed by atoms with Gasteiger partial charge < -0.3 is 15.4 Å². The van der Waals surface area contributed by atoms with Crippen LogP contribution in [0.1, 0.15) is 36.4 Å². The molecular weight excluding hydrogens is 712 g/mol. The summed E-state index contributed by atoms with van der Waals surface area (Å²) >= 11 is 0. The summed E-state index contributed by atoms with van der Waals surface area (Å²) in [5.74, 6) is 2.03. The number of benzene rings is 3. The Balaban J connectivity index is 0.720. The largest absolute Gasteiger partial charge is 0.457 e. The standard InChI is InChI=1S/C42H45FN10O3/c43-34-24-50(15-14-35(34)53-41-38(40(44)45-25-46-41)39(48-53)27-7-10-33(11-8-27)56-32-4-2-1-3-5-32)31-22-49(23-31)17-26-18-51(19-26)30-9-6-28-20-52(21-29(28)16-30)36-12-13-37(54)47-42(36)55/h1-11,16,25-26,31,34-36H,12-15,17-24H2,(H2,44,45,46)(H,47,54,55)/t34-,35+,36?/m1/s1. The summed E-state index contributed by atoms with van der Waals surface area (Å²) in [6.07, 6.45) is 1.94. The first kappa shape index (κ1) is 35.0. The number of nitrogens with zero attached hydrogens (tertiary/aromatic N) is 8. The zero-order chi connectivity index (χ0) is 37.9. The minimum atomic E-state index is -1.10. The fourth-order valence-corrected chi connectivity index (χ4v) is 9.30. The molecule has 2 amide bonds. The van der Waals surface area contributed by atoms with Crippen LogP contribution < -0.4 is 20.7 Å². The van der Waals surface area contributed by atoms with E-state index in [1.54, 1.807) is 4.68 Å². The third kappa shape index (κ3) is 6.54. The van der Waals surface area contributed by atoms with Gasteiger partial charge in [0.05, 0.1) is 17.5 Å².